The van der Waals surface area contributed by atoms with Gasteiger partial charge in [0.2, 0.25) is 0 Å². The molecular weight excluding hydrogens is 437 g/mol. The third kappa shape index (κ3) is 4.31. The third-order valence-electron chi connectivity index (χ3n) is 7.37. The van der Waals surface area contributed by atoms with Crippen molar-refractivity contribution >= 4 is 23.4 Å². The van der Waals surface area contributed by atoms with E-state index < -0.39 is 5.82 Å². The van der Waals surface area contributed by atoms with Gasteiger partial charge in [-0.05, 0) is 62.5 Å². The Morgan fingerprint density at radius 1 is 1.12 bits per heavy atom. The van der Waals surface area contributed by atoms with Crippen molar-refractivity contribution in [2.45, 2.75) is 62.9 Å². The highest BCUT2D eigenvalue weighted by Crippen LogP contribution is 2.47. The van der Waals surface area contributed by atoms with E-state index >= 15 is 0 Å². The number of rotatable bonds is 6. The minimum Gasteiger partial charge on any atom is -0.484 e. The Morgan fingerprint density at radius 3 is 2.66 bits per heavy atom. The molecule has 0 spiro atoms. The lowest BCUT2D eigenvalue weighted by molar-refractivity contribution is -0.128. The van der Waals surface area contributed by atoms with Crippen molar-refractivity contribution in [2.24, 2.45) is 11.8 Å². The number of nitrogens with zero attached hydrogens (tertiary/aromatic N) is 1. The Labute approximate surface area is 191 Å². The van der Waals surface area contributed by atoms with Crippen LogP contribution in [0.15, 0.2) is 18.2 Å². The van der Waals surface area contributed by atoms with Crippen molar-refractivity contribution in [1.82, 2.24) is 26.4 Å². The van der Waals surface area contributed by atoms with Crippen LogP contribution in [0.2, 0.25) is 5.02 Å². The maximum atomic E-state index is 13.5. The molecule has 4 N–H and O–H groups in total. The van der Waals surface area contributed by atoms with Crippen LogP contribution in [0.5, 0.6) is 5.75 Å². The molecule has 2 aliphatic heterocycles. The highest BCUT2D eigenvalue weighted by molar-refractivity contribution is 6.30. The fourth-order valence-corrected chi connectivity index (χ4v) is 5.74. The molecule has 2 amide bonds. The molecule has 2 saturated carbocycles. The summed E-state index contributed by atoms with van der Waals surface area (Å²) < 4.78 is 18.9. The van der Waals surface area contributed by atoms with Gasteiger partial charge in [-0.2, -0.15) is 0 Å². The van der Waals surface area contributed by atoms with Crippen molar-refractivity contribution in [3.63, 3.8) is 0 Å². The van der Waals surface area contributed by atoms with Crippen molar-refractivity contribution in [1.29, 1.82) is 0 Å². The summed E-state index contributed by atoms with van der Waals surface area (Å²) in [7, 11) is 0. The molecule has 0 aromatic heterocycles. The van der Waals surface area contributed by atoms with Crippen molar-refractivity contribution in [3.8, 4) is 5.75 Å². The van der Waals surface area contributed by atoms with Gasteiger partial charge >= 0.3 is 0 Å². The summed E-state index contributed by atoms with van der Waals surface area (Å²) in [6.45, 7) is 0.718. The normalized spacial score (nSPS) is 33.7. The smallest absolute Gasteiger partial charge is 0.258 e. The average molecular weight is 466 g/mol. The lowest BCUT2D eigenvalue weighted by Crippen LogP contribution is -2.54. The Bertz CT molecular complexity index is 889. The van der Waals surface area contributed by atoms with E-state index in [1.165, 1.54) is 18.6 Å². The number of piperidine rings is 1. The number of amides is 2. The molecule has 8 nitrogen and oxygen atoms in total. The number of hydrogen-bond acceptors (Lipinski definition) is 6. The molecule has 2 aliphatic carbocycles. The molecule has 4 fully saturated rings. The zero-order valence-electron chi connectivity index (χ0n) is 17.8. The third-order valence-corrected chi connectivity index (χ3v) is 7.68. The SMILES string of the molecule is O=C(COc1ccc(Cl)c(F)c1)NC1C[C@H](NC(=O)C2NNC3CCCCN32)C2CCC12. The van der Waals surface area contributed by atoms with Gasteiger partial charge in [0.25, 0.3) is 11.8 Å². The molecular formula is C22H29ClFN5O3. The van der Waals surface area contributed by atoms with Gasteiger partial charge in [0.1, 0.15) is 11.6 Å². The van der Waals surface area contributed by atoms with Gasteiger partial charge in [-0.25, -0.2) is 15.2 Å². The molecule has 1 aromatic carbocycles. The van der Waals surface area contributed by atoms with Gasteiger partial charge in [0, 0.05) is 24.7 Å². The van der Waals surface area contributed by atoms with Crippen LogP contribution in [0.25, 0.3) is 0 Å². The molecule has 32 heavy (non-hydrogen) atoms. The summed E-state index contributed by atoms with van der Waals surface area (Å²) in [5.74, 6) is 0.183. The first-order valence-corrected chi connectivity index (χ1v) is 11.8. The fourth-order valence-electron chi connectivity index (χ4n) is 5.62. The minimum atomic E-state index is -0.584. The Morgan fingerprint density at radius 2 is 1.91 bits per heavy atom. The number of fused-ring (bicyclic) bond motifs is 2. The number of carbonyl (C=O) groups is 2. The number of halogens is 2. The molecule has 5 unspecified atom stereocenters. The first-order valence-electron chi connectivity index (χ1n) is 11.4. The second-order valence-electron chi connectivity index (χ2n) is 9.24. The average Bonchev–Trinajstić information content (AvgIpc) is 3.26. The predicted octanol–water partition coefficient (Wildman–Crippen LogP) is 1.50. The van der Waals surface area contributed by atoms with E-state index in [2.05, 4.69) is 26.4 Å². The monoisotopic (exact) mass is 465 g/mol. The number of hydrogen-bond donors (Lipinski definition) is 4. The maximum absolute atomic E-state index is 13.5. The molecule has 4 aliphatic rings. The van der Waals surface area contributed by atoms with Crippen LogP contribution in [0, 0.1) is 17.7 Å². The molecule has 2 saturated heterocycles. The molecule has 1 aromatic rings. The zero-order valence-corrected chi connectivity index (χ0v) is 18.5. The van der Waals surface area contributed by atoms with E-state index in [0.29, 0.717) is 18.3 Å². The van der Waals surface area contributed by atoms with Crippen molar-refractivity contribution in [2.75, 3.05) is 13.2 Å². The summed E-state index contributed by atoms with van der Waals surface area (Å²) in [4.78, 5) is 27.6. The summed E-state index contributed by atoms with van der Waals surface area (Å²) in [5, 5.41) is 6.30. The number of hydrazine groups is 1. The lowest BCUT2D eigenvalue weighted by Gasteiger charge is -2.37. The van der Waals surface area contributed by atoms with Crippen LogP contribution in [0.3, 0.4) is 0 Å². The first-order chi connectivity index (χ1) is 15.5. The summed E-state index contributed by atoms with van der Waals surface area (Å²) in [6, 6.07) is 4.16. The summed E-state index contributed by atoms with van der Waals surface area (Å²) in [6.07, 6.45) is 6.02. The maximum Gasteiger partial charge on any atom is 0.258 e. The molecule has 0 radical (unpaired) electrons. The largest absolute Gasteiger partial charge is 0.484 e. The summed E-state index contributed by atoms with van der Waals surface area (Å²) >= 11 is 5.67. The van der Waals surface area contributed by atoms with Crippen LogP contribution in [0.1, 0.15) is 38.5 Å². The van der Waals surface area contributed by atoms with Gasteiger partial charge in [0.15, 0.2) is 12.8 Å². The Hall–Kier alpha value is -1.94. The van der Waals surface area contributed by atoms with Gasteiger partial charge in [-0.3, -0.25) is 14.5 Å². The molecule has 5 rings (SSSR count). The van der Waals surface area contributed by atoms with Crippen LogP contribution >= 0.6 is 11.6 Å². The van der Waals surface area contributed by atoms with Crippen LogP contribution < -0.4 is 26.2 Å². The van der Waals surface area contributed by atoms with E-state index in [-0.39, 0.29) is 53.6 Å². The molecule has 2 heterocycles. The number of carbonyl (C=O) groups excluding carboxylic acids is 2. The van der Waals surface area contributed by atoms with Crippen molar-refractivity contribution in [3.05, 3.63) is 29.0 Å². The standard InChI is InChI=1S/C22H29ClFN5O3/c23-15-7-4-12(9-16(15)24)32-11-20(30)25-17-10-18(14-6-5-13(14)17)26-22(31)21-28-27-19-3-1-2-8-29(19)21/h4,7,9,13-14,17-19,21,27-28H,1-3,5-6,8,10-11H2,(H,25,30)(H,26,31)/t13?,14?,17?,18-,19?,21?/m0/s1. The molecule has 0 bridgehead atoms. The second kappa shape index (κ2) is 9.13. The minimum absolute atomic E-state index is 0.00220. The quantitative estimate of drug-likeness (QED) is 0.508. The van der Waals surface area contributed by atoms with E-state index in [9.17, 15) is 14.0 Å². The van der Waals surface area contributed by atoms with Crippen LogP contribution in [-0.4, -0.2) is 54.3 Å². The predicted molar refractivity (Wildman–Crippen MR) is 116 cm³/mol. The lowest BCUT2D eigenvalue weighted by atomic mass is 9.73. The van der Waals surface area contributed by atoms with Crippen LogP contribution in [0.4, 0.5) is 4.39 Å². The number of benzene rings is 1. The van der Waals surface area contributed by atoms with Gasteiger partial charge < -0.3 is 15.4 Å². The highest BCUT2D eigenvalue weighted by Gasteiger charge is 2.50. The van der Waals surface area contributed by atoms with Gasteiger partial charge in [-0.1, -0.05) is 11.6 Å². The Kier molecular flexibility index (Phi) is 6.24. The molecule has 6 atom stereocenters. The zero-order chi connectivity index (χ0) is 22.2. The van der Waals surface area contributed by atoms with Gasteiger partial charge in [-0.15, -0.1) is 0 Å². The topological polar surface area (TPSA) is 94.7 Å². The van der Waals surface area contributed by atoms with E-state index in [4.69, 9.17) is 16.3 Å². The fraction of sp³-hybridized carbons (Fsp3) is 0.636. The van der Waals surface area contributed by atoms with E-state index in [0.717, 1.165) is 38.3 Å². The Balaban J connectivity index is 1.12. The second-order valence-corrected chi connectivity index (χ2v) is 9.64. The van der Waals surface area contributed by atoms with Crippen LogP contribution in [-0.2, 0) is 9.59 Å². The molecule has 174 valence electrons. The summed E-state index contributed by atoms with van der Waals surface area (Å²) in [5.41, 5.74) is 6.37. The van der Waals surface area contributed by atoms with Gasteiger partial charge in [0.05, 0.1) is 11.2 Å². The first kappa shape index (κ1) is 21.9. The number of nitrogens with one attached hydrogen (secondary N) is 4. The number of ether oxygens (including phenoxy) is 1. The highest BCUT2D eigenvalue weighted by atomic mass is 35.5. The molecule has 10 heteroatoms. The van der Waals surface area contributed by atoms with E-state index in [1.807, 2.05) is 0 Å². The van der Waals surface area contributed by atoms with Crippen molar-refractivity contribution < 1.29 is 18.7 Å². The van der Waals surface area contributed by atoms with E-state index in [1.54, 1.807) is 0 Å².